The van der Waals surface area contributed by atoms with Crippen LogP contribution in [-0.2, 0) is 16.6 Å². The van der Waals surface area contributed by atoms with Crippen LogP contribution < -0.4 is 5.73 Å². The lowest BCUT2D eigenvalue weighted by molar-refractivity contribution is 0.210. The first-order chi connectivity index (χ1) is 9.40. The molecule has 1 aliphatic rings. The molecule has 1 aromatic rings. The van der Waals surface area contributed by atoms with E-state index in [1.54, 1.807) is 6.20 Å². The quantitative estimate of drug-likeness (QED) is 0.900. The molecule has 1 fully saturated rings. The van der Waals surface area contributed by atoms with Crippen molar-refractivity contribution in [1.82, 2.24) is 13.9 Å². The number of sulfonamides is 1. The van der Waals surface area contributed by atoms with E-state index in [1.807, 2.05) is 18.4 Å². The van der Waals surface area contributed by atoms with Crippen molar-refractivity contribution in [3.8, 4) is 0 Å². The van der Waals surface area contributed by atoms with E-state index in [9.17, 15) is 8.42 Å². The predicted octanol–water partition coefficient (Wildman–Crippen LogP) is 1.38. The molecule has 1 saturated heterocycles. The fraction of sp³-hybridized carbons (Fsp3) is 0.769. The number of aromatic nitrogens is 2. The summed E-state index contributed by atoms with van der Waals surface area (Å²) in [5.74, 6) is 1.24. The lowest BCUT2D eigenvalue weighted by atomic mass is 9.94. The minimum absolute atomic E-state index is 0. The second kappa shape index (κ2) is 7.09. The van der Waals surface area contributed by atoms with Gasteiger partial charge in [-0.05, 0) is 32.6 Å². The van der Waals surface area contributed by atoms with E-state index in [2.05, 4.69) is 11.9 Å². The van der Waals surface area contributed by atoms with Crippen LogP contribution in [0.4, 0.5) is 0 Å². The maximum atomic E-state index is 12.7. The van der Waals surface area contributed by atoms with Crippen molar-refractivity contribution in [2.75, 3.05) is 13.1 Å². The molecule has 0 radical (unpaired) electrons. The number of rotatable bonds is 4. The highest BCUT2D eigenvalue weighted by atomic mass is 35.5. The third-order valence-corrected chi connectivity index (χ3v) is 5.89. The van der Waals surface area contributed by atoms with Gasteiger partial charge < -0.3 is 10.3 Å². The van der Waals surface area contributed by atoms with Crippen LogP contribution >= 0.6 is 12.4 Å². The van der Waals surface area contributed by atoms with Gasteiger partial charge in [-0.1, -0.05) is 6.92 Å². The number of imidazole rings is 1. The summed E-state index contributed by atoms with van der Waals surface area (Å²) in [4.78, 5) is 4.21. The van der Waals surface area contributed by atoms with Crippen LogP contribution in [0.5, 0.6) is 0 Å². The van der Waals surface area contributed by atoms with Gasteiger partial charge >= 0.3 is 0 Å². The van der Waals surface area contributed by atoms with Crippen molar-refractivity contribution >= 4 is 22.4 Å². The maximum absolute atomic E-state index is 12.7. The number of halogens is 1. The molecule has 2 rings (SSSR count). The molecule has 122 valence electrons. The third kappa shape index (κ3) is 3.59. The molecule has 0 bridgehead atoms. The normalized spacial score (nSPS) is 23.8. The van der Waals surface area contributed by atoms with Crippen molar-refractivity contribution < 1.29 is 8.42 Å². The van der Waals surface area contributed by atoms with Crippen LogP contribution in [0.1, 0.15) is 32.5 Å². The Hall–Kier alpha value is -0.630. The number of hydrogen-bond acceptors (Lipinski definition) is 4. The standard InChI is InChI=1S/C13H24N4O2S.ClH/c1-4-16-9-13(15-11(16)3)20(18,19)17-6-5-10(2)7-12(17)8-14;/h9-10,12H,4-8,14H2,1-3H3;1H. The van der Waals surface area contributed by atoms with E-state index in [4.69, 9.17) is 5.73 Å². The van der Waals surface area contributed by atoms with Crippen LogP contribution in [0, 0.1) is 12.8 Å². The smallest absolute Gasteiger partial charge is 0.262 e. The Labute approximate surface area is 133 Å². The van der Waals surface area contributed by atoms with Crippen molar-refractivity contribution in [2.45, 2.75) is 51.2 Å². The van der Waals surface area contributed by atoms with Gasteiger partial charge in [-0.2, -0.15) is 4.31 Å². The number of piperidine rings is 1. The fourth-order valence-electron chi connectivity index (χ4n) is 2.80. The minimum atomic E-state index is -3.54. The zero-order chi connectivity index (χ0) is 14.9. The van der Waals surface area contributed by atoms with Gasteiger partial charge in [0.2, 0.25) is 0 Å². The van der Waals surface area contributed by atoms with Gasteiger partial charge in [0.1, 0.15) is 5.82 Å². The molecule has 0 spiro atoms. The van der Waals surface area contributed by atoms with Gasteiger partial charge in [0.05, 0.1) is 0 Å². The first kappa shape index (κ1) is 18.4. The summed E-state index contributed by atoms with van der Waals surface area (Å²) in [6.45, 7) is 7.53. The highest BCUT2D eigenvalue weighted by Gasteiger charge is 2.36. The first-order valence-corrected chi connectivity index (χ1v) is 8.59. The van der Waals surface area contributed by atoms with Gasteiger partial charge in [-0.25, -0.2) is 13.4 Å². The second-order valence-corrected chi connectivity index (χ2v) is 7.38. The third-order valence-electron chi connectivity index (χ3n) is 4.06. The molecular weight excluding hydrogens is 312 g/mol. The van der Waals surface area contributed by atoms with Crippen LogP contribution in [0.3, 0.4) is 0 Å². The minimum Gasteiger partial charge on any atom is -0.334 e. The molecule has 2 N–H and O–H groups in total. The van der Waals surface area contributed by atoms with Crippen LogP contribution in [-0.4, -0.2) is 41.4 Å². The average Bonchev–Trinajstić information content (AvgIpc) is 2.80. The molecule has 6 nitrogen and oxygen atoms in total. The molecule has 2 heterocycles. The fourth-order valence-corrected chi connectivity index (χ4v) is 4.46. The van der Waals surface area contributed by atoms with E-state index in [0.717, 1.165) is 18.7 Å². The Morgan fingerprint density at radius 2 is 2.14 bits per heavy atom. The van der Waals surface area contributed by atoms with Gasteiger partial charge in [0.15, 0.2) is 5.03 Å². The molecule has 2 atom stereocenters. The monoisotopic (exact) mass is 336 g/mol. The molecular formula is C13H25ClN4O2S. The Morgan fingerprint density at radius 1 is 1.48 bits per heavy atom. The summed E-state index contributed by atoms with van der Waals surface area (Å²) in [6, 6.07) is -0.115. The molecule has 0 saturated carbocycles. The number of nitrogens with two attached hydrogens (primary N) is 1. The Morgan fingerprint density at radius 3 is 2.67 bits per heavy atom. The molecule has 0 aromatic carbocycles. The lowest BCUT2D eigenvalue weighted by Crippen LogP contribution is -2.49. The Balaban J connectivity index is 0.00000220. The zero-order valence-corrected chi connectivity index (χ0v) is 14.5. The molecule has 21 heavy (non-hydrogen) atoms. The van der Waals surface area contributed by atoms with E-state index >= 15 is 0 Å². The van der Waals surface area contributed by atoms with Gasteiger partial charge in [-0.3, -0.25) is 0 Å². The zero-order valence-electron chi connectivity index (χ0n) is 12.8. The summed E-state index contributed by atoms with van der Waals surface area (Å²) >= 11 is 0. The molecule has 1 aromatic heterocycles. The van der Waals surface area contributed by atoms with Crippen molar-refractivity contribution in [3.63, 3.8) is 0 Å². The largest absolute Gasteiger partial charge is 0.334 e. The van der Waals surface area contributed by atoms with E-state index < -0.39 is 10.0 Å². The molecule has 8 heteroatoms. The molecule has 0 aliphatic carbocycles. The van der Waals surface area contributed by atoms with Crippen LogP contribution in [0.2, 0.25) is 0 Å². The molecule has 1 aliphatic heterocycles. The Kier molecular flexibility index (Phi) is 6.22. The summed E-state index contributed by atoms with van der Waals surface area (Å²) in [5.41, 5.74) is 5.76. The highest BCUT2D eigenvalue weighted by molar-refractivity contribution is 7.89. The van der Waals surface area contributed by atoms with Crippen molar-refractivity contribution in [2.24, 2.45) is 11.7 Å². The summed E-state index contributed by atoms with van der Waals surface area (Å²) in [6.07, 6.45) is 3.32. The molecule has 0 amide bonds. The number of nitrogens with zero attached hydrogens (tertiary/aromatic N) is 3. The average molecular weight is 337 g/mol. The topological polar surface area (TPSA) is 81.2 Å². The van der Waals surface area contributed by atoms with E-state index in [1.165, 1.54) is 4.31 Å². The van der Waals surface area contributed by atoms with Crippen LogP contribution in [0.15, 0.2) is 11.2 Å². The first-order valence-electron chi connectivity index (χ1n) is 7.15. The SMILES string of the molecule is CCn1cc(S(=O)(=O)N2CCC(C)CC2CN)nc1C.Cl. The van der Waals surface area contributed by atoms with Gasteiger partial charge in [0, 0.05) is 31.9 Å². The summed E-state index contributed by atoms with van der Waals surface area (Å²) < 4.78 is 28.9. The lowest BCUT2D eigenvalue weighted by Gasteiger charge is -2.36. The van der Waals surface area contributed by atoms with Gasteiger partial charge in [0.25, 0.3) is 10.0 Å². The predicted molar refractivity (Wildman–Crippen MR) is 85.0 cm³/mol. The number of aryl methyl sites for hydroxylation is 2. The van der Waals surface area contributed by atoms with Gasteiger partial charge in [-0.15, -0.1) is 12.4 Å². The highest BCUT2D eigenvalue weighted by Crippen LogP contribution is 2.27. The molecule has 2 unspecified atom stereocenters. The van der Waals surface area contributed by atoms with Crippen molar-refractivity contribution in [3.05, 3.63) is 12.0 Å². The van der Waals surface area contributed by atoms with Crippen molar-refractivity contribution in [1.29, 1.82) is 0 Å². The van der Waals surface area contributed by atoms with E-state index in [0.29, 0.717) is 25.6 Å². The summed E-state index contributed by atoms with van der Waals surface area (Å²) in [5, 5.41) is 0.143. The maximum Gasteiger partial charge on any atom is 0.262 e. The Bertz CT molecular complexity index is 573. The summed E-state index contributed by atoms with van der Waals surface area (Å²) in [7, 11) is -3.54. The second-order valence-electron chi connectivity index (χ2n) is 5.55. The van der Waals surface area contributed by atoms with E-state index in [-0.39, 0.29) is 23.5 Å². The van der Waals surface area contributed by atoms with Crippen LogP contribution in [0.25, 0.3) is 0 Å². The number of hydrogen-bond donors (Lipinski definition) is 1.